The summed E-state index contributed by atoms with van der Waals surface area (Å²) in [5, 5.41) is 6.23. The number of hydrogen-bond donors (Lipinski definition) is 2. The molecule has 1 saturated carbocycles. The Morgan fingerprint density at radius 3 is 2.81 bits per heavy atom. The zero-order valence-corrected chi connectivity index (χ0v) is 10.0. The highest BCUT2D eigenvalue weighted by atomic mass is 35.5. The SMILES string of the molecule is CNc1ncc(C(=O)NC2CC2C)cc1Cl. The largest absolute Gasteiger partial charge is 0.372 e. The molecule has 2 rings (SSSR count). The van der Waals surface area contributed by atoms with Crippen molar-refractivity contribution in [2.45, 2.75) is 19.4 Å². The Hall–Kier alpha value is -1.29. The van der Waals surface area contributed by atoms with E-state index in [-0.39, 0.29) is 5.91 Å². The van der Waals surface area contributed by atoms with E-state index in [9.17, 15) is 4.79 Å². The van der Waals surface area contributed by atoms with Gasteiger partial charge in [0.2, 0.25) is 0 Å². The van der Waals surface area contributed by atoms with E-state index in [0.717, 1.165) is 6.42 Å². The minimum Gasteiger partial charge on any atom is -0.372 e. The van der Waals surface area contributed by atoms with Crippen LogP contribution in [0.2, 0.25) is 5.02 Å². The van der Waals surface area contributed by atoms with E-state index in [1.54, 1.807) is 13.1 Å². The third-order valence-electron chi connectivity index (χ3n) is 2.77. The number of anilines is 1. The Balaban J connectivity index is 2.08. The van der Waals surface area contributed by atoms with Crippen LogP contribution in [0.1, 0.15) is 23.7 Å². The highest BCUT2D eigenvalue weighted by Crippen LogP contribution is 2.29. The fourth-order valence-corrected chi connectivity index (χ4v) is 1.78. The second-order valence-electron chi connectivity index (χ2n) is 4.10. The van der Waals surface area contributed by atoms with Crippen molar-refractivity contribution in [3.8, 4) is 0 Å². The van der Waals surface area contributed by atoms with Crippen molar-refractivity contribution in [1.29, 1.82) is 0 Å². The summed E-state index contributed by atoms with van der Waals surface area (Å²) in [5.41, 5.74) is 0.503. The standard InChI is InChI=1S/C11H14ClN3O/c1-6-3-9(6)15-11(16)7-4-8(12)10(13-2)14-5-7/h4-6,9H,3H2,1-2H3,(H,13,14)(H,15,16). The van der Waals surface area contributed by atoms with Gasteiger partial charge in [0, 0.05) is 19.3 Å². The second kappa shape index (κ2) is 4.29. The van der Waals surface area contributed by atoms with Gasteiger partial charge in [0.15, 0.2) is 0 Å². The van der Waals surface area contributed by atoms with Gasteiger partial charge in [0.25, 0.3) is 5.91 Å². The summed E-state index contributed by atoms with van der Waals surface area (Å²) in [4.78, 5) is 15.8. The highest BCUT2D eigenvalue weighted by molar-refractivity contribution is 6.33. The van der Waals surface area contributed by atoms with Crippen molar-refractivity contribution in [1.82, 2.24) is 10.3 Å². The van der Waals surface area contributed by atoms with Crippen LogP contribution in [0.3, 0.4) is 0 Å². The minimum atomic E-state index is -0.105. The first-order chi connectivity index (χ1) is 7.61. The molecule has 1 fully saturated rings. The molecule has 1 aliphatic rings. The molecule has 0 saturated heterocycles. The molecule has 2 unspecified atom stereocenters. The van der Waals surface area contributed by atoms with Gasteiger partial charge in [-0.15, -0.1) is 0 Å². The number of amides is 1. The van der Waals surface area contributed by atoms with E-state index in [1.165, 1.54) is 6.20 Å². The molecule has 0 radical (unpaired) electrons. The van der Waals surface area contributed by atoms with Crippen LogP contribution in [0.15, 0.2) is 12.3 Å². The predicted octanol–water partition coefficient (Wildman–Crippen LogP) is 1.91. The van der Waals surface area contributed by atoms with Crippen LogP contribution in [-0.2, 0) is 0 Å². The fourth-order valence-electron chi connectivity index (χ4n) is 1.52. The van der Waals surface area contributed by atoms with Crippen LogP contribution in [0.5, 0.6) is 0 Å². The number of rotatable bonds is 3. The summed E-state index contributed by atoms with van der Waals surface area (Å²) in [6, 6.07) is 1.94. The van der Waals surface area contributed by atoms with Crippen LogP contribution in [0.25, 0.3) is 0 Å². The van der Waals surface area contributed by atoms with Crippen LogP contribution in [0.4, 0.5) is 5.82 Å². The molecule has 0 spiro atoms. The fraction of sp³-hybridized carbons (Fsp3) is 0.455. The molecule has 0 bridgehead atoms. The molecule has 2 N–H and O–H groups in total. The molecule has 2 atom stereocenters. The Labute approximate surface area is 99.4 Å². The number of carbonyl (C=O) groups excluding carboxylic acids is 1. The third kappa shape index (κ3) is 2.27. The molecule has 5 heteroatoms. The number of aromatic nitrogens is 1. The zero-order valence-electron chi connectivity index (χ0n) is 9.25. The van der Waals surface area contributed by atoms with Crippen molar-refractivity contribution < 1.29 is 4.79 Å². The smallest absolute Gasteiger partial charge is 0.253 e. The van der Waals surface area contributed by atoms with E-state index in [4.69, 9.17) is 11.6 Å². The summed E-state index contributed by atoms with van der Waals surface area (Å²) in [5.74, 6) is 1.06. The first-order valence-corrected chi connectivity index (χ1v) is 5.63. The van der Waals surface area contributed by atoms with E-state index < -0.39 is 0 Å². The number of nitrogens with zero attached hydrogens (tertiary/aromatic N) is 1. The Bertz CT molecular complexity index is 422. The van der Waals surface area contributed by atoms with Gasteiger partial charge in [-0.05, 0) is 18.4 Å². The van der Waals surface area contributed by atoms with E-state index in [0.29, 0.717) is 28.4 Å². The molecule has 0 aromatic carbocycles. The van der Waals surface area contributed by atoms with E-state index in [2.05, 4.69) is 22.5 Å². The maximum Gasteiger partial charge on any atom is 0.253 e. The Morgan fingerprint density at radius 2 is 2.31 bits per heavy atom. The molecule has 1 amide bonds. The number of hydrogen-bond acceptors (Lipinski definition) is 3. The van der Waals surface area contributed by atoms with Gasteiger partial charge < -0.3 is 10.6 Å². The summed E-state index contributed by atoms with van der Waals surface area (Å²) in [6.45, 7) is 2.11. The maximum atomic E-state index is 11.8. The first-order valence-electron chi connectivity index (χ1n) is 5.26. The number of pyridine rings is 1. The summed E-state index contributed by atoms with van der Waals surface area (Å²) in [7, 11) is 1.74. The van der Waals surface area contributed by atoms with Gasteiger partial charge in [-0.25, -0.2) is 4.98 Å². The lowest BCUT2D eigenvalue weighted by Crippen LogP contribution is -2.26. The average Bonchev–Trinajstić information content (AvgIpc) is 2.94. The predicted molar refractivity (Wildman–Crippen MR) is 63.8 cm³/mol. The molecule has 1 aliphatic carbocycles. The van der Waals surface area contributed by atoms with Crippen LogP contribution < -0.4 is 10.6 Å². The lowest BCUT2D eigenvalue weighted by Gasteiger charge is -2.06. The first kappa shape index (κ1) is 11.2. The summed E-state index contributed by atoms with van der Waals surface area (Å²) in [6.07, 6.45) is 2.58. The molecule has 1 aromatic rings. The van der Waals surface area contributed by atoms with Gasteiger partial charge in [-0.1, -0.05) is 18.5 Å². The van der Waals surface area contributed by atoms with Crippen molar-refractivity contribution in [3.63, 3.8) is 0 Å². The maximum absolute atomic E-state index is 11.8. The Kier molecular flexibility index (Phi) is 3.01. The zero-order chi connectivity index (χ0) is 11.7. The number of carbonyl (C=O) groups is 1. The monoisotopic (exact) mass is 239 g/mol. The van der Waals surface area contributed by atoms with Crippen LogP contribution in [-0.4, -0.2) is 24.0 Å². The molecule has 4 nitrogen and oxygen atoms in total. The minimum absolute atomic E-state index is 0.105. The highest BCUT2D eigenvalue weighted by Gasteiger charge is 2.34. The van der Waals surface area contributed by atoms with Crippen molar-refractivity contribution >= 4 is 23.3 Å². The third-order valence-corrected chi connectivity index (χ3v) is 3.05. The van der Waals surface area contributed by atoms with Gasteiger partial charge in [-0.2, -0.15) is 0 Å². The Morgan fingerprint density at radius 1 is 1.62 bits per heavy atom. The number of halogens is 1. The van der Waals surface area contributed by atoms with Crippen LogP contribution in [0, 0.1) is 5.92 Å². The van der Waals surface area contributed by atoms with Crippen molar-refractivity contribution in [2.75, 3.05) is 12.4 Å². The van der Waals surface area contributed by atoms with E-state index >= 15 is 0 Å². The van der Waals surface area contributed by atoms with Gasteiger partial charge in [0.1, 0.15) is 5.82 Å². The number of nitrogens with one attached hydrogen (secondary N) is 2. The molecular weight excluding hydrogens is 226 g/mol. The van der Waals surface area contributed by atoms with Crippen molar-refractivity contribution in [2.24, 2.45) is 5.92 Å². The van der Waals surface area contributed by atoms with Gasteiger partial charge in [-0.3, -0.25) is 4.79 Å². The average molecular weight is 240 g/mol. The lowest BCUT2D eigenvalue weighted by molar-refractivity contribution is 0.0949. The van der Waals surface area contributed by atoms with E-state index in [1.807, 2.05) is 0 Å². The second-order valence-corrected chi connectivity index (χ2v) is 4.50. The molecule has 86 valence electrons. The molecule has 1 aromatic heterocycles. The topological polar surface area (TPSA) is 54.0 Å². The molecular formula is C11H14ClN3O. The van der Waals surface area contributed by atoms with Gasteiger partial charge >= 0.3 is 0 Å². The van der Waals surface area contributed by atoms with Crippen molar-refractivity contribution in [3.05, 3.63) is 22.8 Å². The molecule has 1 heterocycles. The lowest BCUT2D eigenvalue weighted by atomic mass is 10.2. The quantitative estimate of drug-likeness (QED) is 0.847. The van der Waals surface area contributed by atoms with Crippen LogP contribution >= 0.6 is 11.6 Å². The summed E-state index contributed by atoms with van der Waals surface area (Å²) < 4.78 is 0. The van der Waals surface area contributed by atoms with Gasteiger partial charge in [0.05, 0.1) is 10.6 Å². The molecule has 0 aliphatic heterocycles. The summed E-state index contributed by atoms with van der Waals surface area (Å²) >= 11 is 5.95. The molecule has 16 heavy (non-hydrogen) atoms. The normalized spacial score (nSPS) is 22.7.